The Morgan fingerprint density at radius 1 is 1.23 bits per heavy atom. The predicted octanol–water partition coefficient (Wildman–Crippen LogP) is 1.31. The highest BCUT2D eigenvalue weighted by Crippen LogP contribution is 2.48. The zero-order valence-corrected chi connectivity index (χ0v) is 17.6. The van der Waals surface area contributed by atoms with Gasteiger partial charge in [-0.1, -0.05) is 6.07 Å². The molecule has 2 amide bonds. The molecule has 0 bridgehead atoms. The van der Waals surface area contributed by atoms with Crippen molar-refractivity contribution in [3.05, 3.63) is 40.8 Å². The monoisotopic (exact) mass is 485 g/mol. The van der Waals surface area contributed by atoms with Gasteiger partial charge in [0.25, 0.3) is 0 Å². The van der Waals surface area contributed by atoms with Crippen LogP contribution in [0.1, 0.15) is 23.3 Å². The first-order valence-electron chi connectivity index (χ1n) is 9.58. The van der Waals surface area contributed by atoms with E-state index in [9.17, 15) is 19.5 Å². The van der Waals surface area contributed by atoms with Crippen LogP contribution in [0.4, 0.5) is 5.82 Å². The molecule has 1 aliphatic carbocycles. The fourth-order valence-electron chi connectivity index (χ4n) is 4.14. The fraction of sp³-hybridized carbons (Fsp3) is 0.316. The number of carbonyl (C=O) groups excluding carboxylic acids is 2. The van der Waals surface area contributed by atoms with Crippen molar-refractivity contribution in [2.24, 2.45) is 5.92 Å². The Kier molecular flexibility index (Phi) is 4.65. The Bertz CT molecular complexity index is 1230. The summed E-state index contributed by atoms with van der Waals surface area (Å²) in [6.45, 7) is -0.232. The minimum atomic E-state index is -1.22. The molecule has 3 aromatic heterocycles. The molecule has 1 saturated carbocycles. The molecule has 2 fully saturated rings. The van der Waals surface area contributed by atoms with Crippen molar-refractivity contribution in [2.75, 3.05) is 5.32 Å². The molecule has 5 rings (SSSR count). The van der Waals surface area contributed by atoms with Gasteiger partial charge in [0.05, 0.1) is 11.6 Å². The molecular weight excluding hydrogens is 470 g/mol. The molecule has 1 aliphatic heterocycles. The Morgan fingerprint density at radius 3 is 2.84 bits per heavy atom. The summed E-state index contributed by atoms with van der Waals surface area (Å²) >= 11 is 3.27. The van der Waals surface area contributed by atoms with Crippen molar-refractivity contribution >= 4 is 50.6 Å². The molecule has 11 nitrogen and oxygen atoms in total. The van der Waals surface area contributed by atoms with Crippen molar-refractivity contribution in [3.63, 3.8) is 0 Å². The quantitative estimate of drug-likeness (QED) is 0.514. The van der Waals surface area contributed by atoms with Crippen LogP contribution in [0.15, 0.2) is 35.1 Å². The summed E-state index contributed by atoms with van der Waals surface area (Å²) in [5, 5.41) is 24.2. The summed E-state index contributed by atoms with van der Waals surface area (Å²) < 4.78 is 1.82. The molecule has 0 spiro atoms. The molecular formula is C19H16BrN7O4. The van der Waals surface area contributed by atoms with Gasteiger partial charge in [0.15, 0.2) is 11.3 Å². The van der Waals surface area contributed by atoms with Crippen molar-refractivity contribution in [3.8, 4) is 0 Å². The second kappa shape index (κ2) is 7.38. The highest BCUT2D eigenvalue weighted by Gasteiger charge is 2.56. The zero-order chi connectivity index (χ0) is 21.7. The molecule has 0 unspecified atom stereocenters. The molecule has 1 saturated heterocycles. The van der Waals surface area contributed by atoms with E-state index in [1.165, 1.54) is 16.9 Å². The Hall–Kier alpha value is -3.41. The zero-order valence-electron chi connectivity index (χ0n) is 16.0. The maximum absolute atomic E-state index is 13.2. The van der Waals surface area contributed by atoms with Gasteiger partial charge >= 0.3 is 5.97 Å². The van der Waals surface area contributed by atoms with Crippen LogP contribution in [0.3, 0.4) is 0 Å². The van der Waals surface area contributed by atoms with Crippen LogP contribution >= 0.6 is 15.9 Å². The predicted molar refractivity (Wildman–Crippen MR) is 110 cm³/mol. The fourth-order valence-corrected chi connectivity index (χ4v) is 4.48. The number of fused-ring (bicyclic) bond motifs is 2. The number of hydrogen-bond donors (Lipinski definition) is 2. The van der Waals surface area contributed by atoms with Gasteiger partial charge in [0.1, 0.15) is 23.0 Å². The van der Waals surface area contributed by atoms with Gasteiger partial charge in [-0.2, -0.15) is 10.2 Å². The van der Waals surface area contributed by atoms with Crippen molar-refractivity contribution in [1.82, 2.24) is 29.9 Å². The lowest BCUT2D eigenvalue weighted by molar-refractivity contribution is -0.138. The number of hydrogen-bond acceptors (Lipinski definition) is 7. The normalized spacial score (nSPS) is 21.7. The third-order valence-corrected chi connectivity index (χ3v) is 6.01. The van der Waals surface area contributed by atoms with Crippen molar-refractivity contribution in [2.45, 2.75) is 31.5 Å². The molecule has 2 aliphatic rings. The summed E-state index contributed by atoms with van der Waals surface area (Å²) in [4.78, 5) is 43.3. The number of nitrogens with one attached hydrogen (secondary N) is 1. The second-order valence-corrected chi connectivity index (χ2v) is 8.34. The minimum Gasteiger partial charge on any atom is -0.476 e. The minimum absolute atomic E-state index is 0.00516. The largest absolute Gasteiger partial charge is 0.476 e. The SMILES string of the molecule is O=C(O)c1nn(CC(=O)N2[C@@H]3C[C@@H]3C[C@H]2C(=O)Nc2cccc(Br)n2)c2nnccc12. The van der Waals surface area contributed by atoms with Crippen molar-refractivity contribution in [1.29, 1.82) is 0 Å². The van der Waals surface area contributed by atoms with Crippen LogP contribution in [-0.2, 0) is 16.1 Å². The standard InChI is InChI=1S/C19H16BrN7O4/c20-13-2-1-3-14(22-13)23-18(29)12-7-9-6-11(9)27(12)15(28)8-26-17-10(4-5-21-24-17)16(25-26)19(30)31/h1-5,9,11-12H,6-8H2,(H,30,31)(H,22,23,29)/t9-,11-,12+/m1/s1. The molecule has 12 heteroatoms. The number of aromatic carboxylic acids is 1. The average molecular weight is 486 g/mol. The highest BCUT2D eigenvalue weighted by molar-refractivity contribution is 9.10. The van der Waals surface area contributed by atoms with Crippen LogP contribution < -0.4 is 5.32 Å². The molecule has 3 aromatic rings. The second-order valence-electron chi connectivity index (χ2n) is 7.53. The summed E-state index contributed by atoms with van der Waals surface area (Å²) in [6, 6.07) is 6.06. The van der Waals surface area contributed by atoms with E-state index < -0.39 is 12.0 Å². The Labute approximate surface area is 183 Å². The number of amides is 2. The number of carboxylic acid groups (broad SMARTS) is 1. The molecule has 2 N–H and O–H groups in total. The number of pyridine rings is 1. The maximum Gasteiger partial charge on any atom is 0.357 e. The van der Waals surface area contributed by atoms with Crippen molar-refractivity contribution < 1.29 is 19.5 Å². The molecule has 3 atom stereocenters. The number of nitrogens with zero attached hydrogens (tertiary/aromatic N) is 6. The first-order chi connectivity index (χ1) is 14.9. The topological polar surface area (TPSA) is 143 Å². The number of carbonyl (C=O) groups is 3. The van der Waals surface area contributed by atoms with E-state index in [1.54, 1.807) is 23.1 Å². The van der Waals surface area contributed by atoms with E-state index in [1.807, 2.05) is 0 Å². The number of rotatable bonds is 5. The highest BCUT2D eigenvalue weighted by atomic mass is 79.9. The van der Waals surface area contributed by atoms with Gasteiger partial charge in [-0.25, -0.2) is 14.5 Å². The van der Waals surface area contributed by atoms with E-state index in [-0.39, 0.29) is 35.7 Å². The van der Waals surface area contributed by atoms with Gasteiger partial charge in [-0.15, -0.1) is 5.10 Å². The van der Waals surface area contributed by atoms with Gasteiger partial charge < -0.3 is 15.3 Å². The van der Waals surface area contributed by atoms with Gasteiger partial charge in [-0.3, -0.25) is 9.59 Å². The molecule has 31 heavy (non-hydrogen) atoms. The lowest BCUT2D eigenvalue weighted by Gasteiger charge is -2.26. The maximum atomic E-state index is 13.2. The van der Waals surface area contributed by atoms with Gasteiger partial charge in [0.2, 0.25) is 11.8 Å². The van der Waals surface area contributed by atoms with Crippen LogP contribution in [0, 0.1) is 5.92 Å². The number of anilines is 1. The van der Waals surface area contributed by atoms with E-state index in [0.29, 0.717) is 28.1 Å². The van der Waals surface area contributed by atoms with E-state index >= 15 is 0 Å². The number of likely N-dealkylation sites (tertiary alicyclic amines) is 1. The third-order valence-electron chi connectivity index (χ3n) is 5.57. The molecule has 0 aromatic carbocycles. The lowest BCUT2D eigenvalue weighted by atomic mass is 10.1. The van der Waals surface area contributed by atoms with Crippen LogP contribution in [-0.4, -0.2) is 64.8 Å². The molecule has 4 heterocycles. The number of piperidine rings is 1. The summed E-state index contributed by atoms with van der Waals surface area (Å²) in [6.07, 6.45) is 2.80. The first kappa shape index (κ1) is 19.5. The van der Waals surface area contributed by atoms with E-state index in [0.717, 1.165) is 6.42 Å². The smallest absolute Gasteiger partial charge is 0.357 e. The van der Waals surface area contributed by atoms with E-state index in [4.69, 9.17) is 0 Å². The summed E-state index contributed by atoms with van der Waals surface area (Å²) in [5.41, 5.74) is 0.0116. The average Bonchev–Trinajstić information content (AvgIpc) is 3.24. The van der Waals surface area contributed by atoms with Gasteiger partial charge in [0, 0.05) is 6.04 Å². The van der Waals surface area contributed by atoms with Gasteiger partial charge in [-0.05, 0) is 52.9 Å². The van der Waals surface area contributed by atoms with E-state index in [2.05, 4.69) is 41.5 Å². The molecule has 158 valence electrons. The summed E-state index contributed by atoms with van der Waals surface area (Å²) in [7, 11) is 0. The van der Waals surface area contributed by atoms with Crippen LogP contribution in [0.25, 0.3) is 11.0 Å². The lowest BCUT2D eigenvalue weighted by Crippen LogP contribution is -2.46. The number of aromatic nitrogens is 5. The summed E-state index contributed by atoms with van der Waals surface area (Å²) in [5.74, 6) is -1.15. The Balaban J connectivity index is 1.38. The first-order valence-corrected chi connectivity index (χ1v) is 10.4. The number of halogens is 1. The van der Waals surface area contributed by atoms with Crippen LogP contribution in [0.5, 0.6) is 0 Å². The third kappa shape index (κ3) is 3.52. The number of carboxylic acids is 1. The Morgan fingerprint density at radius 2 is 2.06 bits per heavy atom. The molecule has 0 radical (unpaired) electrons. The van der Waals surface area contributed by atoms with Crippen LogP contribution in [0.2, 0.25) is 0 Å².